The Hall–Kier alpha value is -3.03. The molecule has 2 aromatic heterocycles. The SMILES string of the molecule is O=C(CCC1CCCC1)N1CCC[C@H](c2nc3c(nnn3Cc3ccccc3)c(=O)[nH]2)C1. The third-order valence-corrected chi connectivity index (χ3v) is 6.97. The van der Waals surface area contributed by atoms with E-state index < -0.39 is 0 Å². The Kier molecular flexibility index (Phi) is 6.01. The van der Waals surface area contributed by atoms with Gasteiger partial charge in [-0.3, -0.25) is 9.59 Å². The van der Waals surface area contributed by atoms with E-state index in [-0.39, 0.29) is 22.9 Å². The molecule has 0 bridgehead atoms. The Morgan fingerprint density at radius 1 is 1.09 bits per heavy atom. The fourth-order valence-corrected chi connectivity index (χ4v) is 5.15. The molecular weight excluding hydrogens is 404 g/mol. The van der Waals surface area contributed by atoms with Crippen molar-refractivity contribution in [3.8, 4) is 0 Å². The number of nitrogens with zero attached hydrogens (tertiary/aromatic N) is 5. The Labute approximate surface area is 187 Å². The van der Waals surface area contributed by atoms with E-state index in [2.05, 4.69) is 15.3 Å². The van der Waals surface area contributed by atoms with E-state index >= 15 is 0 Å². The molecule has 0 radical (unpaired) electrons. The Morgan fingerprint density at radius 2 is 1.91 bits per heavy atom. The molecular formula is C24H30N6O2. The lowest BCUT2D eigenvalue weighted by molar-refractivity contribution is -0.132. The van der Waals surface area contributed by atoms with Crippen LogP contribution in [-0.4, -0.2) is 48.9 Å². The summed E-state index contributed by atoms with van der Waals surface area (Å²) in [5.74, 6) is 1.61. The summed E-state index contributed by atoms with van der Waals surface area (Å²) >= 11 is 0. The Balaban J connectivity index is 1.32. The second-order valence-corrected chi connectivity index (χ2v) is 9.22. The molecule has 3 heterocycles. The normalized spacial score (nSPS) is 19.6. The zero-order chi connectivity index (χ0) is 21.9. The number of amides is 1. The van der Waals surface area contributed by atoms with Crippen molar-refractivity contribution in [1.29, 1.82) is 0 Å². The summed E-state index contributed by atoms with van der Waals surface area (Å²) in [6.45, 7) is 1.90. The van der Waals surface area contributed by atoms with E-state index in [4.69, 9.17) is 4.98 Å². The van der Waals surface area contributed by atoms with Gasteiger partial charge in [-0.25, -0.2) is 9.67 Å². The standard InChI is InChI=1S/C24H30N6O2/c31-20(13-12-17-7-4-5-8-17)29-14-6-11-19(16-29)22-25-23-21(24(32)26-22)27-28-30(23)15-18-9-2-1-3-10-18/h1-3,9-10,17,19H,4-8,11-16H2,(H,25,26,32)/t19-/m0/s1. The molecule has 32 heavy (non-hydrogen) atoms. The minimum absolute atomic E-state index is 0.0244. The highest BCUT2D eigenvalue weighted by Crippen LogP contribution is 2.30. The summed E-state index contributed by atoms with van der Waals surface area (Å²) in [5, 5.41) is 8.21. The highest BCUT2D eigenvalue weighted by molar-refractivity contribution is 5.76. The molecule has 1 saturated carbocycles. The number of aromatic nitrogens is 5. The third-order valence-electron chi connectivity index (χ3n) is 6.97. The summed E-state index contributed by atoms with van der Waals surface area (Å²) in [6, 6.07) is 9.93. The quantitative estimate of drug-likeness (QED) is 0.642. The maximum absolute atomic E-state index is 12.8. The molecule has 1 aliphatic heterocycles. The van der Waals surface area contributed by atoms with Crippen molar-refractivity contribution in [2.24, 2.45) is 5.92 Å². The molecule has 1 aliphatic carbocycles. The molecule has 1 amide bonds. The molecule has 3 aromatic rings. The van der Waals surface area contributed by atoms with Gasteiger partial charge in [-0.05, 0) is 30.7 Å². The van der Waals surface area contributed by atoms with Crippen LogP contribution in [0, 0.1) is 5.92 Å². The van der Waals surface area contributed by atoms with E-state index in [0.717, 1.165) is 37.3 Å². The van der Waals surface area contributed by atoms with Crippen molar-refractivity contribution in [3.63, 3.8) is 0 Å². The monoisotopic (exact) mass is 434 g/mol. The first kappa shape index (κ1) is 20.8. The summed E-state index contributed by atoms with van der Waals surface area (Å²) in [4.78, 5) is 35.2. The fraction of sp³-hybridized carbons (Fsp3) is 0.542. The van der Waals surface area contributed by atoms with Gasteiger partial charge in [0.2, 0.25) is 5.91 Å². The topological polar surface area (TPSA) is 96.8 Å². The molecule has 1 atom stereocenters. The van der Waals surface area contributed by atoms with Crippen LogP contribution in [0.25, 0.3) is 11.2 Å². The van der Waals surface area contributed by atoms with Gasteiger partial charge >= 0.3 is 0 Å². The van der Waals surface area contributed by atoms with Gasteiger partial charge in [0.25, 0.3) is 5.56 Å². The van der Waals surface area contributed by atoms with E-state index in [1.165, 1.54) is 25.7 Å². The van der Waals surface area contributed by atoms with Crippen molar-refractivity contribution >= 4 is 17.1 Å². The minimum Gasteiger partial charge on any atom is -0.342 e. The van der Waals surface area contributed by atoms with Crippen LogP contribution in [0.5, 0.6) is 0 Å². The van der Waals surface area contributed by atoms with Crippen LogP contribution in [0.2, 0.25) is 0 Å². The zero-order valence-electron chi connectivity index (χ0n) is 18.4. The molecule has 0 spiro atoms. The smallest absolute Gasteiger partial charge is 0.281 e. The number of H-pyrrole nitrogens is 1. The Bertz CT molecular complexity index is 1130. The number of hydrogen-bond acceptors (Lipinski definition) is 5. The molecule has 2 aliphatic rings. The number of carbonyl (C=O) groups is 1. The number of benzene rings is 1. The van der Waals surface area contributed by atoms with Crippen LogP contribution in [0.4, 0.5) is 0 Å². The summed E-state index contributed by atoms with van der Waals surface area (Å²) < 4.78 is 1.68. The van der Waals surface area contributed by atoms with Crippen molar-refractivity contribution in [3.05, 3.63) is 52.1 Å². The summed E-state index contributed by atoms with van der Waals surface area (Å²) in [6.07, 6.45) is 8.62. The van der Waals surface area contributed by atoms with Gasteiger partial charge in [0.15, 0.2) is 11.2 Å². The van der Waals surface area contributed by atoms with Crippen molar-refractivity contribution in [2.75, 3.05) is 13.1 Å². The van der Waals surface area contributed by atoms with E-state index in [9.17, 15) is 9.59 Å². The van der Waals surface area contributed by atoms with E-state index in [1.54, 1.807) is 4.68 Å². The maximum atomic E-state index is 12.8. The van der Waals surface area contributed by atoms with Crippen LogP contribution in [0.15, 0.2) is 35.1 Å². The molecule has 5 rings (SSSR count). The molecule has 0 unspecified atom stereocenters. The van der Waals surface area contributed by atoms with Crippen LogP contribution < -0.4 is 5.56 Å². The van der Waals surface area contributed by atoms with Gasteiger partial charge in [-0.2, -0.15) is 0 Å². The second-order valence-electron chi connectivity index (χ2n) is 9.22. The summed E-state index contributed by atoms with van der Waals surface area (Å²) in [5.41, 5.74) is 1.55. The van der Waals surface area contributed by atoms with Crippen LogP contribution in [-0.2, 0) is 11.3 Å². The summed E-state index contributed by atoms with van der Waals surface area (Å²) in [7, 11) is 0. The number of hydrogen-bond donors (Lipinski definition) is 1. The molecule has 1 saturated heterocycles. The van der Waals surface area contributed by atoms with E-state index in [0.29, 0.717) is 31.0 Å². The molecule has 168 valence electrons. The van der Waals surface area contributed by atoms with Gasteiger partial charge in [0.05, 0.1) is 6.54 Å². The molecule has 1 aromatic carbocycles. The number of carbonyl (C=O) groups excluding carboxylic acids is 1. The highest BCUT2D eigenvalue weighted by atomic mass is 16.2. The van der Waals surface area contributed by atoms with Gasteiger partial charge in [-0.1, -0.05) is 61.2 Å². The predicted molar refractivity (Wildman–Crippen MR) is 121 cm³/mol. The number of aromatic amines is 1. The molecule has 8 heteroatoms. The van der Waals surface area contributed by atoms with Crippen LogP contribution in [0.3, 0.4) is 0 Å². The largest absolute Gasteiger partial charge is 0.342 e. The van der Waals surface area contributed by atoms with Crippen LogP contribution in [0.1, 0.15) is 68.7 Å². The van der Waals surface area contributed by atoms with Gasteiger partial charge in [0, 0.05) is 25.4 Å². The Morgan fingerprint density at radius 3 is 2.72 bits per heavy atom. The number of likely N-dealkylation sites (tertiary alicyclic amines) is 1. The minimum atomic E-state index is -0.269. The lowest BCUT2D eigenvalue weighted by Crippen LogP contribution is -2.40. The lowest BCUT2D eigenvalue weighted by atomic mass is 9.96. The highest BCUT2D eigenvalue weighted by Gasteiger charge is 2.28. The van der Waals surface area contributed by atoms with Crippen molar-refractivity contribution < 1.29 is 4.79 Å². The van der Waals surface area contributed by atoms with Crippen LogP contribution >= 0.6 is 0 Å². The number of nitrogens with one attached hydrogen (secondary N) is 1. The van der Waals surface area contributed by atoms with Gasteiger partial charge < -0.3 is 9.88 Å². The number of piperidine rings is 1. The number of fused-ring (bicyclic) bond motifs is 1. The van der Waals surface area contributed by atoms with Crippen molar-refractivity contribution in [1.82, 2.24) is 29.9 Å². The maximum Gasteiger partial charge on any atom is 0.281 e. The predicted octanol–water partition coefficient (Wildman–Crippen LogP) is 3.24. The van der Waals surface area contributed by atoms with E-state index in [1.807, 2.05) is 35.2 Å². The fourth-order valence-electron chi connectivity index (χ4n) is 5.15. The molecule has 2 fully saturated rings. The molecule has 8 nitrogen and oxygen atoms in total. The van der Waals surface area contributed by atoms with Gasteiger partial charge in [0.1, 0.15) is 5.82 Å². The second kappa shape index (κ2) is 9.22. The first-order valence-electron chi connectivity index (χ1n) is 11.8. The van der Waals surface area contributed by atoms with Crippen molar-refractivity contribution in [2.45, 2.75) is 63.8 Å². The molecule has 1 N–H and O–H groups in total. The first-order valence-corrected chi connectivity index (χ1v) is 11.8. The number of rotatable bonds is 6. The third kappa shape index (κ3) is 4.45. The first-order chi connectivity index (χ1) is 15.7. The zero-order valence-corrected chi connectivity index (χ0v) is 18.4. The average Bonchev–Trinajstić information content (AvgIpc) is 3.49. The lowest BCUT2D eigenvalue weighted by Gasteiger charge is -2.32. The average molecular weight is 435 g/mol. The van der Waals surface area contributed by atoms with Gasteiger partial charge in [-0.15, -0.1) is 5.10 Å².